The lowest BCUT2D eigenvalue weighted by molar-refractivity contribution is 0.100. The molecule has 2 aromatic rings. The summed E-state index contributed by atoms with van der Waals surface area (Å²) in [5.41, 5.74) is 12.5. The molecule has 0 atom stereocenters. The van der Waals surface area contributed by atoms with Gasteiger partial charge in [0.2, 0.25) is 11.8 Å². The van der Waals surface area contributed by atoms with Gasteiger partial charge in [-0.3, -0.25) is 4.79 Å². The van der Waals surface area contributed by atoms with Crippen LogP contribution in [0.1, 0.15) is 22.8 Å². The van der Waals surface area contributed by atoms with Gasteiger partial charge >= 0.3 is 0 Å². The van der Waals surface area contributed by atoms with Crippen molar-refractivity contribution in [3.05, 3.63) is 41.5 Å². The maximum Gasteiger partial charge on any atom is 0.248 e. The van der Waals surface area contributed by atoms with Crippen LogP contribution in [0.2, 0.25) is 0 Å². The fraction of sp³-hybridized carbons (Fsp3) is 0.133. The van der Waals surface area contributed by atoms with E-state index in [1.807, 2.05) is 6.07 Å². The van der Waals surface area contributed by atoms with Gasteiger partial charge < -0.3 is 21.5 Å². The molecule has 7 nitrogen and oxygen atoms in total. The molecule has 0 fully saturated rings. The molecule has 0 unspecified atom stereocenters. The van der Waals surface area contributed by atoms with Gasteiger partial charge in [-0.05, 0) is 25.1 Å². The second-order valence-corrected chi connectivity index (χ2v) is 4.39. The molecule has 0 spiro atoms. The van der Waals surface area contributed by atoms with Gasteiger partial charge in [-0.15, -0.1) is 0 Å². The van der Waals surface area contributed by atoms with Crippen LogP contribution in [0.4, 0.5) is 17.2 Å². The van der Waals surface area contributed by atoms with Gasteiger partial charge in [0.05, 0.1) is 12.3 Å². The fourth-order valence-corrected chi connectivity index (χ4v) is 1.86. The van der Waals surface area contributed by atoms with Crippen LogP contribution in [0.5, 0.6) is 5.88 Å². The fourth-order valence-electron chi connectivity index (χ4n) is 1.86. The minimum absolute atomic E-state index is 0.165. The Morgan fingerprint density at radius 3 is 2.86 bits per heavy atom. The molecule has 1 heterocycles. The molecule has 5 N–H and O–H groups in total. The highest BCUT2D eigenvalue weighted by Crippen LogP contribution is 2.27. The Morgan fingerprint density at radius 1 is 1.45 bits per heavy atom. The number of nitrogen functional groups attached to an aromatic ring is 1. The van der Waals surface area contributed by atoms with E-state index in [2.05, 4.69) is 10.3 Å². The normalized spacial score (nSPS) is 9.82. The number of pyridine rings is 1. The Kier molecular flexibility index (Phi) is 4.44. The summed E-state index contributed by atoms with van der Waals surface area (Å²) in [5.74, 6) is 0.0473. The predicted molar refractivity (Wildman–Crippen MR) is 82.8 cm³/mol. The molecule has 112 valence electrons. The van der Waals surface area contributed by atoms with Crippen molar-refractivity contribution in [2.75, 3.05) is 17.7 Å². The SMILES string of the molecule is CCOc1nc(Nc2cccc(C(N)=O)c2)cc(N)c1C#N. The summed E-state index contributed by atoms with van der Waals surface area (Å²) in [4.78, 5) is 15.4. The summed E-state index contributed by atoms with van der Waals surface area (Å²) in [6.07, 6.45) is 0. The summed E-state index contributed by atoms with van der Waals surface area (Å²) in [5, 5.41) is 12.1. The van der Waals surface area contributed by atoms with E-state index in [0.717, 1.165) is 0 Å². The second kappa shape index (κ2) is 6.45. The molecule has 0 saturated heterocycles. The van der Waals surface area contributed by atoms with E-state index in [4.69, 9.17) is 21.5 Å². The summed E-state index contributed by atoms with van der Waals surface area (Å²) in [6, 6.07) is 10.1. The largest absolute Gasteiger partial charge is 0.477 e. The number of nitrogens with two attached hydrogens (primary N) is 2. The summed E-state index contributed by atoms with van der Waals surface area (Å²) < 4.78 is 5.32. The van der Waals surface area contributed by atoms with Crippen LogP contribution in [-0.2, 0) is 0 Å². The highest BCUT2D eigenvalue weighted by molar-refractivity contribution is 5.93. The molecule has 1 amide bonds. The number of ether oxygens (including phenoxy) is 1. The van der Waals surface area contributed by atoms with E-state index < -0.39 is 5.91 Å². The Morgan fingerprint density at radius 2 is 2.23 bits per heavy atom. The first-order chi connectivity index (χ1) is 10.5. The van der Waals surface area contributed by atoms with Crippen LogP contribution in [0.3, 0.4) is 0 Å². The van der Waals surface area contributed by atoms with Crippen molar-refractivity contribution in [1.82, 2.24) is 4.98 Å². The molecule has 22 heavy (non-hydrogen) atoms. The lowest BCUT2D eigenvalue weighted by atomic mass is 10.2. The molecule has 0 saturated carbocycles. The zero-order valence-corrected chi connectivity index (χ0v) is 12.0. The number of aromatic nitrogens is 1. The third kappa shape index (κ3) is 3.24. The number of amides is 1. The van der Waals surface area contributed by atoms with Crippen LogP contribution in [0.25, 0.3) is 0 Å². The summed E-state index contributed by atoms with van der Waals surface area (Å²) in [6.45, 7) is 2.15. The number of primary amides is 1. The topological polar surface area (TPSA) is 127 Å². The maximum atomic E-state index is 11.2. The molecule has 0 aliphatic rings. The van der Waals surface area contributed by atoms with E-state index in [9.17, 15) is 4.79 Å². The van der Waals surface area contributed by atoms with Crippen molar-refractivity contribution in [3.63, 3.8) is 0 Å². The lowest BCUT2D eigenvalue weighted by Gasteiger charge is -2.11. The van der Waals surface area contributed by atoms with Crippen LogP contribution >= 0.6 is 0 Å². The molecular formula is C15H15N5O2. The van der Waals surface area contributed by atoms with E-state index in [1.54, 1.807) is 31.2 Å². The van der Waals surface area contributed by atoms with Crippen molar-refractivity contribution < 1.29 is 9.53 Å². The number of benzene rings is 1. The third-order valence-electron chi connectivity index (χ3n) is 2.83. The number of anilines is 3. The van der Waals surface area contributed by atoms with Crippen LogP contribution < -0.4 is 21.5 Å². The molecular weight excluding hydrogens is 282 g/mol. The Bertz CT molecular complexity index is 752. The van der Waals surface area contributed by atoms with Crippen molar-refractivity contribution in [2.24, 2.45) is 5.73 Å². The van der Waals surface area contributed by atoms with Crippen LogP contribution in [0.15, 0.2) is 30.3 Å². The molecule has 1 aromatic heterocycles. The Labute approximate surface area is 127 Å². The van der Waals surface area contributed by atoms with Gasteiger partial charge in [-0.25, -0.2) is 0 Å². The van der Waals surface area contributed by atoms with Gasteiger partial charge in [0, 0.05) is 17.3 Å². The zero-order chi connectivity index (χ0) is 16.1. The number of nitrogens with one attached hydrogen (secondary N) is 1. The number of carbonyl (C=O) groups is 1. The quantitative estimate of drug-likeness (QED) is 0.771. The first kappa shape index (κ1) is 15.1. The molecule has 0 radical (unpaired) electrons. The number of nitrogens with zero attached hydrogens (tertiary/aromatic N) is 2. The van der Waals surface area contributed by atoms with Gasteiger partial charge in [0.15, 0.2) is 0 Å². The number of nitriles is 1. The minimum Gasteiger partial charge on any atom is -0.477 e. The Hall–Kier alpha value is -3.27. The van der Waals surface area contributed by atoms with Crippen molar-refractivity contribution in [1.29, 1.82) is 5.26 Å². The third-order valence-corrected chi connectivity index (χ3v) is 2.83. The monoisotopic (exact) mass is 297 g/mol. The van der Waals surface area contributed by atoms with Crippen molar-refractivity contribution in [2.45, 2.75) is 6.92 Å². The van der Waals surface area contributed by atoms with E-state index >= 15 is 0 Å². The van der Waals surface area contributed by atoms with E-state index in [-0.39, 0.29) is 17.1 Å². The number of hydrogen-bond donors (Lipinski definition) is 3. The number of hydrogen-bond acceptors (Lipinski definition) is 6. The lowest BCUT2D eigenvalue weighted by Crippen LogP contribution is -2.11. The first-order valence-electron chi connectivity index (χ1n) is 6.55. The highest BCUT2D eigenvalue weighted by atomic mass is 16.5. The van der Waals surface area contributed by atoms with Gasteiger partial charge in [-0.2, -0.15) is 10.2 Å². The van der Waals surface area contributed by atoms with Gasteiger partial charge in [0.1, 0.15) is 17.5 Å². The zero-order valence-electron chi connectivity index (χ0n) is 12.0. The standard InChI is InChI=1S/C15H15N5O2/c1-2-22-15-11(8-16)12(17)7-13(20-15)19-10-5-3-4-9(6-10)14(18)21/h3-7H,2H2,1H3,(H2,18,21)(H3,17,19,20). The molecule has 0 aliphatic carbocycles. The first-order valence-corrected chi connectivity index (χ1v) is 6.55. The molecule has 7 heteroatoms. The smallest absolute Gasteiger partial charge is 0.248 e. The Balaban J connectivity index is 2.36. The average molecular weight is 297 g/mol. The van der Waals surface area contributed by atoms with Crippen molar-refractivity contribution >= 4 is 23.1 Å². The summed E-state index contributed by atoms with van der Waals surface area (Å²) in [7, 11) is 0. The number of rotatable bonds is 5. The van der Waals surface area contributed by atoms with E-state index in [0.29, 0.717) is 23.7 Å². The molecule has 0 bridgehead atoms. The van der Waals surface area contributed by atoms with Crippen LogP contribution in [-0.4, -0.2) is 17.5 Å². The predicted octanol–water partition coefficient (Wildman–Crippen LogP) is 1.78. The van der Waals surface area contributed by atoms with Crippen molar-refractivity contribution in [3.8, 4) is 11.9 Å². The average Bonchev–Trinajstić information content (AvgIpc) is 2.47. The minimum atomic E-state index is -0.522. The summed E-state index contributed by atoms with van der Waals surface area (Å²) >= 11 is 0. The highest BCUT2D eigenvalue weighted by Gasteiger charge is 2.12. The van der Waals surface area contributed by atoms with E-state index in [1.165, 1.54) is 6.07 Å². The molecule has 0 aliphatic heterocycles. The number of carbonyl (C=O) groups excluding carboxylic acids is 1. The van der Waals surface area contributed by atoms with Gasteiger partial charge in [-0.1, -0.05) is 6.07 Å². The second-order valence-electron chi connectivity index (χ2n) is 4.39. The van der Waals surface area contributed by atoms with Gasteiger partial charge in [0.25, 0.3) is 0 Å². The van der Waals surface area contributed by atoms with Crippen LogP contribution in [0, 0.1) is 11.3 Å². The maximum absolute atomic E-state index is 11.2. The molecule has 2 rings (SSSR count). The molecule has 1 aromatic carbocycles.